The second-order valence-electron chi connectivity index (χ2n) is 4.89. The van der Waals surface area contributed by atoms with E-state index in [0.717, 1.165) is 11.6 Å². The molecule has 0 aliphatic carbocycles. The summed E-state index contributed by atoms with van der Waals surface area (Å²) < 4.78 is 0. The fraction of sp³-hybridized carbons (Fsp3) is 0.267. The number of aryl methyl sites for hydroxylation is 1. The Bertz CT molecular complexity index is 622. The highest BCUT2D eigenvalue weighted by molar-refractivity contribution is 5.99. The molecule has 1 aromatic carbocycles. The number of hydrogen-bond acceptors (Lipinski definition) is 3. The van der Waals surface area contributed by atoms with Crippen molar-refractivity contribution >= 4 is 29.5 Å². The van der Waals surface area contributed by atoms with Crippen molar-refractivity contribution in [3.05, 3.63) is 35.4 Å². The first-order valence-corrected chi connectivity index (χ1v) is 6.57. The normalized spacial score (nSPS) is 17.8. The van der Waals surface area contributed by atoms with Crippen LogP contribution >= 0.6 is 0 Å². The van der Waals surface area contributed by atoms with E-state index in [1.165, 1.54) is 6.08 Å². The topological polar surface area (TPSA) is 95.5 Å². The van der Waals surface area contributed by atoms with Gasteiger partial charge in [0.1, 0.15) is 6.04 Å². The summed E-state index contributed by atoms with van der Waals surface area (Å²) in [7, 11) is 0. The molecule has 0 saturated carbocycles. The molecule has 1 aliphatic heterocycles. The molecule has 0 spiro atoms. The Labute approximate surface area is 121 Å². The molecule has 21 heavy (non-hydrogen) atoms. The molecule has 110 valence electrons. The van der Waals surface area contributed by atoms with Crippen molar-refractivity contribution in [3.8, 4) is 0 Å². The number of rotatable bonds is 4. The Kier molecular flexibility index (Phi) is 4.37. The summed E-state index contributed by atoms with van der Waals surface area (Å²) in [6, 6.07) is 4.73. The predicted molar refractivity (Wildman–Crippen MR) is 77.6 cm³/mol. The summed E-state index contributed by atoms with van der Waals surface area (Å²) in [5.41, 5.74) is 2.18. The Morgan fingerprint density at radius 2 is 2.19 bits per heavy atom. The van der Waals surface area contributed by atoms with E-state index in [0.29, 0.717) is 24.1 Å². The quantitative estimate of drug-likeness (QED) is 0.728. The van der Waals surface area contributed by atoms with Gasteiger partial charge in [-0.25, -0.2) is 4.79 Å². The van der Waals surface area contributed by atoms with E-state index < -0.39 is 12.0 Å². The number of carbonyl (C=O) groups is 3. The fourth-order valence-corrected chi connectivity index (χ4v) is 2.10. The molecule has 1 aliphatic rings. The number of amides is 2. The van der Waals surface area contributed by atoms with E-state index >= 15 is 0 Å². The van der Waals surface area contributed by atoms with Gasteiger partial charge in [-0.2, -0.15) is 0 Å². The van der Waals surface area contributed by atoms with E-state index in [1.54, 1.807) is 18.2 Å². The van der Waals surface area contributed by atoms with Crippen LogP contribution in [0, 0.1) is 6.92 Å². The maximum atomic E-state index is 12.0. The highest BCUT2D eigenvalue weighted by Crippen LogP contribution is 2.18. The summed E-state index contributed by atoms with van der Waals surface area (Å²) in [5.74, 6) is -1.42. The van der Waals surface area contributed by atoms with Crippen LogP contribution in [0.15, 0.2) is 24.3 Å². The van der Waals surface area contributed by atoms with Crippen LogP contribution < -0.4 is 10.6 Å². The lowest BCUT2D eigenvalue weighted by atomic mass is 10.1. The maximum Gasteiger partial charge on any atom is 0.328 e. The lowest BCUT2D eigenvalue weighted by Gasteiger charge is -2.12. The Balaban J connectivity index is 2.10. The van der Waals surface area contributed by atoms with E-state index in [9.17, 15) is 14.4 Å². The average molecular weight is 288 g/mol. The number of nitrogens with one attached hydrogen (secondary N) is 2. The lowest BCUT2D eigenvalue weighted by molar-refractivity contribution is -0.131. The summed E-state index contributed by atoms with van der Waals surface area (Å²) in [4.78, 5) is 33.6. The van der Waals surface area contributed by atoms with Crippen molar-refractivity contribution in [2.75, 3.05) is 5.32 Å². The molecule has 1 unspecified atom stereocenters. The lowest BCUT2D eigenvalue weighted by Crippen LogP contribution is -2.37. The van der Waals surface area contributed by atoms with Crippen LogP contribution in [0.25, 0.3) is 6.08 Å². The molecule has 6 nitrogen and oxygen atoms in total. The SMILES string of the molecule is Cc1ccc(NC(=O)C2CCC(=O)N2)cc1C=CC(=O)O. The van der Waals surface area contributed by atoms with Crippen molar-refractivity contribution in [2.24, 2.45) is 0 Å². The van der Waals surface area contributed by atoms with E-state index in [-0.39, 0.29) is 11.8 Å². The van der Waals surface area contributed by atoms with Crippen LogP contribution in [-0.2, 0) is 14.4 Å². The third kappa shape index (κ3) is 3.92. The minimum absolute atomic E-state index is 0.121. The molecule has 6 heteroatoms. The molecule has 2 rings (SSSR count). The minimum atomic E-state index is -1.03. The second-order valence-corrected chi connectivity index (χ2v) is 4.89. The summed E-state index contributed by atoms with van der Waals surface area (Å²) >= 11 is 0. The van der Waals surface area contributed by atoms with Gasteiger partial charge in [0.15, 0.2) is 0 Å². The number of carboxylic acid groups (broad SMARTS) is 1. The molecule has 1 saturated heterocycles. The molecule has 3 N–H and O–H groups in total. The number of hydrogen-bond donors (Lipinski definition) is 3. The van der Waals surface area contributed by atoms with Gasteiger partial charge in [0.2, 0.25) is 11.8 Å². The van der Waals surface area contributed by atoms with Crippen molar-refractivity contribution in [1.82, 2.24) is 5.32 Å². The van der Waals surface area contributed by atoms with Crippen LogP contribution in [0.3, 0.4) is 0 Å². The molecular formula is C15H16N2O4. The Hall–Kier alpha value is -2.63. The van der Waals surface area contributed by atoms with E-state index in [1.807, 2.05) is 6.92 Å². The monoisotopic (exact) mass is 288 g/mol. The molecule has 1 fully saturated rings. The van der Waals surface area contributed by atoms with Crippen LogP contribution in [0.1, 0.15) is 24.0 Å². The van der Waals surface area contributed by atoms with Gasteiger partial charge in [0, 0.05) is 18.2 Å². The van der Waals surface area contributed by atoms with Gasteiger partial charge < -0.3 is 15.7 Å². The molecule has 0 aromatic heterocycles. The molecule has 0 bridgehead atoms. The third-order valence-electron chi connectivity index (χ3n) is 3.26. The van der Waals surface area contributed by atoms with Gasteiger partial charge >= 0.3 is 5.97 Å². The van der Waals surface area contributed by atoms with Gasteiger partial charge in [-0.1, -0.05) is 6.07 Å². The minimum Gasteiger partial charge on any atom is -0.478 e. The number of carbonyl (C=O) groups excluding carboxylic acids is 2. The summed E-state index contributed by atoms with van der Waals surface area (Å²) in [6.45, 7) is 1.85. The average Bonchev–Trinajstić information content (AvgIpc) is 2.86. The molecule has 1 aromatic rings. The van der Waals surface area contributed by atoms with E-state index in [2.05, 4.69) is 10.6 Å². The fourth-order valence-electron chi connectivity index (χ4n) is 2.10. The maximum absolute atomic E-state index is 12.0. The number of aliphatic carboxylic acids is 1. The molecule has 1 heterocycles. The molecule has 1 atom stereocenters. The third-order valence-corrected chi connectivity index (χ3v) is 3.26. The van der Waals surface area contributed by atoms with Crippen molar-refractivity contribution in [3.63, 3.8) is 0 Å². The van der Waals surface area contributed by atoms with Gasteiger partial charge in [-0.15, -0.1) is 0 Å². The Morgan fingerprint density at radius 1 is 1.43 bits per heavy atom. The van der Waals surface area contributed by atoms with Crippen molar-refractivity contribution in [1.29, 1.82) is 0 Å². The smallest absolute Gasteiger partial charge is 0.328 e. The van der Waals surface area contributed by atoms with E-state index in [4.69, 9.17) is 5.11 Å². The Morgan fingerprint density at radius 3 is 2.81 bits per heavy atom. The van der Waals surface area contributed by atoms with Gasteiger partial charge in [0.05, 0.1) is 0 Å². The van der Waals surface area contributed by atoms with Crippen molar-refractivity contribution < 1.29 is 19.5 Å². The second kappa shape index (κ2) is 6.21. The highest BCUT2D eigenvalue weighted by atomic mass is 16.4. The van der Waals surface area contributed by atoms with Crippen LogP contribution in [0.2, 0.25) is 0 Å². The van der Waals surface area contributed by atoms with Crippen molar-refractivity contribution in [2.45, 2.75) is 25.8 Å². The number of benzene rings is 1. The molecule has 0 radical (unpaired) electrons. The first-order valence-electron chi connectivity index (χ1n) is 6.57. The molecular weight excluding hydrogens is 272 g/mol. The highest BCUT2D eigenvalue weighted by Gasteiger charge is 2.27. The first kappa shape index (κ1) is 14.8. The van der Waals surface area contributed by atoms with Gasteiger partial charge in [-0.3, -0.25) is 9.59 Å². The zero-order chi connectivity index (χ0) is 15.4. The predicted octanol–water partition coefficient (Wildman–Crippen LogP) is 1.31. The zero-order valence-electron chi connectivity index (χ0n) is 11.6. The summed E-state index contributed by atoms with van der Waals surface area (Å²) in [5, 5.41) is 14.0. The van der Waals surface area contributed by atoms with Gasteiger partial charge in [0.25, 0.3) is 0 Å². The largest absolute Gasteiger partial charge is 0.478 e. The van der Waals surface area contributed by atoms with Crippen LogP contribution in [0.4, 0.5) is 5.69 Å². The number of anilines is 1. The summed E-state index contributed by atoms with van der Waals surface area (Å²) in [6.07, 6.45) is 3.37. The van der Waals surface area contributed by atoms with Crippen LogP contribution in [0.5, 0.6) is 0 Å². The standard InChI is InChI=1S/C15H16N2O4/c1-9-2-4-11(8-10(9)3-7-14(19)20)16-15(21)12-5-6-13(18)17-12/h2-4,7-8,12H,5-6H2,1H3,(H,16,21)(H,17,18)(H,19,20). The first-order chi connectivity index (χ1) is 9.95. The molecule has 2 amide bonds. The van der Waals surface area contributed by atoms with Gasteiger partial charge in [-0.05, 0) is 42.7 Å². The van der Waals surface area contributed by atoms with Crippen LogP contribution in [-0.4, -0.2) is 28.9 Å². The number of carboxylic acids is 1. The zero-order valence-corrected chi connectivity index (χ0v) is 11.6.